The Hall–Kier alpha value is -2.42. The van der Waals surface area contributed by atoms with Crippen molar-refractivity contribution in [3.8, 4) is 11.1 Å². The lowest BCUT2D eigenvalue weighted by molar-refractivity contribution is -0.145. The number of carbonyl (C=O) groups is 2. The molecule has 3 nitrogen and oxygen atoms in total. The van der Waals surface area contributed by atoms with E-state index in [9.17, 15) is 9.59 Å². The van der Waals surface area contributed by atoms with Gasteiger partial charge in [-0.3, -0.25) is 9.59 Å². The minimum absolute atomic E-state index is 0.166. The summed E-state index contributed by atoms with van der Waals surface area (Å²) in [5, 5.41) is 0. The molecule has 0 N–H and O–H groups in total. The van der Waals surface area contributed by atoms with E-state index in [4.69, 9.17) is 4.74 Å². The third-order valence-corrected chi connectivity index (χ3v) is 5.05. The molecule has 0 bridgehead atoms. The first-order chi connectivity index (χ1) is 12.7. The van der Waals surface area contributed by atoms with Crippen molar-refractivity contribution in [3.05, 3.63) is 60.2 Å². The standard InChI is InChI=1S/C23H26O3/c24-22-14-5-4-11-20(22)12-7-15-23(25)26-17-18-8-6-13-21(16-18)19-9-2-1-3-10-19/h1-3,6,8-10,13,16,20H,4-5,7,11-12,14-15,17H2. The van der Waals surface area contributed by atoms with Crippen molar-refractivity contribution in [2.75, 3.05) is 0 Å². The molecule has 1 atom stereocenters. The highest BCUT2D eigenvalue weighted by atomic mass is 16.5. The predicted molar refractivity (Wildman–Crippen MR) is 102 cm³/mol. The van der Waals surface area contributed by atoms with E-state index in [1.54, 1.807) is 0 Å². The number of rotatable bonds is 7. The highest BCUT2D eigenvalue weighted by Crippen LogP contribution is 2.25. The van der Waals surface area contributed by atoms with Crippen molar-refractivity contribution in [3.63, 3.8) is 0 Å². The van der Waals surface area contributed by atoms with Crippen LogP contribution < -0.4 is 0 Å². The highest BCUT2D eigenvalue weighted by Gasteiger charge is 2.21. The molecule has 1 aliphatic carbocycles. The van der Waals surface area contributed by atoms with Crippen molar-refractivity contribution >= 4 is 11.8 Å². The van der Waals surface area contributed by atoms with Crippen molar-refractivity contribution in [1.82, 2.24) is 0 Å². The van der Waals surface area contributed by atoms with E-state index in [-0.39, 0.29) is 11.9 Å². The van der Waals surface area contributed by atoms with Gasteiger partial charge in [0.2, 0.25) is 0 Å². The van der Waals surface area contributed by atoms with Gasteiger partial charge in [0.05, 0.1) is 0 Å². The Bertz CT molecular complexity index is 736. The molecule has 1 unspecified atom stereocenters. The second-order valence-corrected chi connectivity index (χ2v) is 7.03. The predicted octanol–water partition coefficient (Wildman–Crippen LogP) is 5.33. The third-order valence-electron chi connectivity index (χ3n) is 5.05. The van der Waals surface area contributed by atoms with Gasteiger partial charge >= 0.3 is 5.97 Å². The van der Waals surface area contributed by atoms with Gasteiger partial charge in [-0.1, -0.05) is 55.0 Å². The van der Waals surface area contributed by atoms with Crippen molar-refractivity contribution in [1.29, 1.82) is 0 Å². The van der Waals surface area contributed by atoms with Gasteiger partial charge in [-0.15, -0.1) is 0 Å². The van der Waals surface area contributed by atoms with E-state index in [0.717, 1.165) is 48.8 Å². The van der Waals surface area contributed by atoms with Gasteiger partial charge in [0.15, 0.2) is 0 Å². The SMILES string of the molecule is O=C(CCCC1CCCCC1=O)OCc1cccc(-c2ccccc2)c1. The zero-order valence-electron chi connectivity index (χ0n) is 15.2. The van der Waals surface area contributed by atoms with Gasteiger partial charge in [0.25, 0.3) is 0 Å². The normalized spacial score (nSPS) is 17.1. The Labute approximate surface area is 155 Å². The molecule has 0 spiro atoms. The number of ether oxygens (including phenoxy) is 1. The van der Waals surface area contributed by atoms with E-state index in [0.29, 0.717) is 25.2 Å². The monoisotopic (exact) mass is 350 g/mol. The molecule has 3 heteroatoms. The highest BCUT2D eigenvalue weighted by molar-refractivity contribution is 5.81. The third kappa shape index (κ3) is 5.29. The molecular formula is C23H26O3. The summed E-state index contributed by atoms with van der Waals surface area (Å²) in [7, 11) is 0. The van der Waals surface area contributed by atoms with E-state index in [1.807, 2.05) is 30.3 Å². The van der Waals surface area contributed by atoms with E-state index >= 15 is 0 Å². The largest absolute Gasteiger partial charge is 0.461 e. The fourth-order valence-electron chi connectivity index (χ4n) is 3.56. The number of esters is 1. The first-order valence-corrected chi connectivity index (χ1v) is 9.55. The van der Waals surface area contributed by atoms with Crippen molar-refractivity contribution in [2.45, 2.75) is 51.6 Å². The van der Waals surface area contributed by atoms with E-state index < -0.39 is 0 Å². The van der Waals surface area contributed by atoms with Crippen LogP contribution in [-0.2, 0) is 20.9 Å². The molecular weight excluding hydrogens is 324 g/mol. The van der Waals surface area contributed by atoms with Crippen LogP contribution in [0.25, 0.3) is 11.1 Å². The number of Topliss-reactive ketones (excluding diaryl/α,β-unsaturated/α-hetero) is 1. The number of hydrogen-bond acceptors (Lipinski definition) is 3. The Kier molecular flexibility index (Phi) is 6.59. The van der Waals surface area contributed by atoms with Crippen LogP contribution in [0.15, 0.2) is 54.6 Å². The minimum Gasteiger partial charge on any atom is -0.461 e. The topological polar surface area (TPSA) is 43.4 Å². The van der Waals surface area contributed by atoms with Gasteiger partial charge in [0, 0.05) is 18.8 Å². The van der Waals surface area contributed by atoms with Crippen LogP contribution in [0, 0.1) is 5.92 Å². The molecule has 3 rings (SSSR count). The summed E-state index contributed by atoms with van der Waals surface area (Å²) in [4.78, 5) is 23.8. The van der Waals surface area contributed by atoms with Crippen LogP contribution in [0.3, 0.4) is 0 Å². The Morgan fingerprint density at radius 2 is 1.81 bits per heavy atom. The van der Waals surface area contributed by atoms with Crippen molar-refractivity contribution < 1.29 is 14.3 Å². The zero-order valence-corrected chi connectivity index (χ0v) is 15.2. The second-order valence-electron chi connectivity index (χ2n) is 7.03. The van der Waals surface area contributed by atoms with Crippen LogP contribution in [0.2, 0.25) is 0 Å². The fourth-order valence-corrected chi connectivity index (χ4v) is 3.56. The van der Waals surface area contributed by atoms with Gasteiger partial charge in [-0.05, 0) is 48.4 Å². The fraction of sp³-hybridized carbons (Fsp3) is 0.391. The first kappa shape index (κ1) is 18.4. The quantitative estimate of drug-likeness (QED) is 0.634. The molecule has 26 heavy (non-hydrogen) atoms. The maximum absolute atomic E-state index is 12.0. The molecule has 136 valence electrons. The van der Waals surface area contributed by atoms with Crippen molar-refractivity contribution in [2.24, 2.45) is 5.92 Å². The summed E-state index contributed by atoms with van der Waals surface area (Å²) in [6, 6.07) is 18.2. The average molecular weight is 350 g/mol. The molecule has 0 aromatic heterocycles. The molecule has 0 radical (unpaired) electrons. The number of hydrogen-bond donors (Lipinski definition) is 0. The minimum atomic E-state index is -0.182. The Morgan fingerprint density at radius 1 is 1.00 bits per heavy atom. The van der Waals surface area contributed by atoms with Gasteiger partial charge in [0.1, 0.15) is 12.4 Å². The maximum atomic E-state index is 12.0. The lowest BCUT2D eigenvalue weighted by Crippen LogP contribution is -2.19. The van der Waals surface area contributed by atoms with Gasteiger partial charge < -0.3 is 4.74 Å². The Morgan fingerprint density at radius 3 is 2.62 bits per heavy atom. The van der Waals surface area contributed by atoms with E-state index in [1.165, 1.54) is 0 Å². The number of ketones is 1. The summed E-state index contributed by atoms with van der Waals surface area (Å²) in [5.74, 6) is 0.361. The molecule has 1 saturated carbocycles. The summed E-state index contributed by atoms with van der Waals surface area (Å²) < 4.78 is 5.41. The molecule has 0 aliphatic heterocycles. The smallest absolute Gasteiger partial charge is 0.306 e. The molecule has 0 heterocycles. The lowest BCUT2D eigenvalue weighted by Gasteiger charge is -2.19. The molecule has 1 aliphatic rings. The van der Waals surface area contributed by atoms with Crippen LogP contribution in [-0.4, -0.2) is 11.8 Å². The van der Waals surface area contributed by atoms with Crippen LogP contribution in [0.5, 0.6) is 0 Å². The summed E-state index contributed by atoms with van der Waals surface area (Å²) in [5.41, 5.74) is 3.26. The number of benzene rings is 2. The molecule has 1 fully saturated rings. The summed E-state index contributed by atoms with van der Waals surface area (Å²) in [6.45, 7) is 0.294. The summed E-state index contributed by atoms with van der Waals surface area (Å²) in [6.07, 6.45) is 5.81. The van der Waals surface area contributed by atoms with Gasteiger partial charge in [-0.25, -0.2) is 0 Å². The molecule has 2 aromatic rings. The zero-order chi connectivity index (χ0) is 18.2. The Balaban J connectivity index is 1.44. The van der Waals surface area contributed by atoms with Crippen LogP contribution in [0.4, 0.5) is 0 Å². The van der Waals surface area contributed by atoms with E-state index in [2.05, 4.69) is 24.3 Å². The van der Waals surface area contributed by atoms with Crippen LogP contribution in [0.1, 0.15) is 50.5 Å². The lowest BCUT2D eigenvalue weighted by atomic mass is 9.84. The molecule has 0 saturated heterocycles. The maximum Gasteiger partial charge on any atom is 0.306 e. The first-order valence-electron chi connectivity index (χ1n) is 9.55. The second kappa shape index (κ2) is 9.33. The van der Waals surface area contributed by atoms with Crippen LogP contribution >= 0.6 is 0 Å². The number of carbonyl (C=O) groups excluding carboxylic acids is 2. The summed E-state index contributed by atoms with van der Waals surface area (Å²) >= 11 is 0. The van der Waals surface area contributed by atoms with Gasteiger partial charge in [-0.2, -0.15) is 0 Å². The molecule has 2 aromatic carbocycles. The average Bonchev–Trinajstić information content (AvgIpc) is 2.69. The molecule has 0 amide bonds.